The number of carboxylic acid groups (broad SMARTS) is 1. The van der Waals surface area contributed by atoms with E-state index in [4.69, 9.17) is 5.14 Å². The number of benzene rings is 3. The number of aliphatic carboxylic acids is 1. The fourth-order valence-corrected chi connectivity index (χ4v) is 8.50. The van der Waals surface area contributed by atoms with Gasteiger partial charge in [-0.1, -0.05) is 74.0 Å². The SMILES string of the molecule is CCC(O)CC(O)(CC(=O)[O-])N1C(c2ccc(F)cc2)=C(c2ccc(C)cc2)C(Cc2ccccc2)(S(N)(=O)=O)C1(C)CC.[Na+]. The second-order valence-corrected chi connectivity index (χ2v) is 13.7. The van der Waals surface area contributed by atoms with Crippen LogP contribution in [0.25, 0.3) is 11.3 Å². The van der Waals surface area contributed by atoms with Crippen molar-refractivity contribution in [3.8, 4) is 0 Å². The number of hydrogen-bond donors (Lipinski definition) is 3. The van der Waals surface area contributed by atoms with Crippen LogP contribution in [0.3, 0.4) is 0 Å². The van der Waals surface area contributed by atoms with Gasteiger partial charge in [0.25, 0.3) is 0 Å². The van der Waals surface area contributed by atoms with Gasteiger partial charge in [-0.25, -0.2) is 17.9 Å². The van der Waals surface area contributed by atoms with E-state index < -0.39 is 56.8 Å². The van der Waals surface area contributed by atoms with Gasteiger partial charge >= 0.3 is 29.6 Å². The zero-order valence-corrected chi connectivity index (χ0v) is 29.3. The van der Waals surface area contributed by atoms with Crippen molar-refractivity contribution in [3.63, 3.8) is 0 Å². The number of halogens is 1. The largest absolute Gasteiger partial charge is 1.00 e. The molecule has 1 aliphatic rings. The van der Waals surface area contributed by atoms with Crippen LogP contribution in [-0.4, -0.2) is 51.6 Å². The van der Waals surface area contributed by atoms with Crippen molar-refractivity contribution < 1.29 is 62.5 Å². The van der Waals surface area contributed by atoms with Crippen LogP contribution in [0.5, 0.6) is 0 Å². The number of aliphatic hydroxyl groups is 2. The number of sulfonamides is 1. The summed E-state index contributed by atoms with van der Waals surface area (Å²) in [6.45, 7) is 6.96. The van der Waals surface area contributed by atoms with E-state index in [-0.39, 0.29) is 60.1 Å². The van der Waals surface area contributed by atoms with E-state index in [1.807, 2.05) is 19.1 Å². The molecule has 0 spiro atoms. The molecular formula is C34H40FN2NaO6S. The van der Waals surface area contributed by atoms with Gasteiger partial charge in [-0.3, -0.25) is 0 Å². The number of carboxylic acids is 1. The predicted octanol–water partition coefficient (Wildman–Crippen LogP) is 0.750. The summed E-state index contributed by atoms with van der Waals surface area (Å²) in [6.07, 6.45) is -2.39. The minimum atomic E-state index is -4.60. The first-order valence-electron chi connectivity index (χ1n) is 14.7. The molecular weight excluding hydrogens is 606 g/mol. The van der Waals surface area contributed by atoms with Gasteiger partial charge in [-0.2, -0.15) is 0 Å². The molecule has 1 aliphatic heterocycles. The molecule has 8 nitrogen and oxygen atoms in total. The van der Waals surface area contributed by atoms with E-state index in [1.54, 1.807) is 63.2 Å². The third-order valence-corrected chi connectivity index (χ3v) is 10.8. The maximum Gasteiger partial charge on any atom is 1.00 e. The number of carbonyl (C=O) groups excluding carboxylic acids is 1. The molecule has 4 rings (SSSR count). The quantitative estimate of drug-likeness (QED) is 0.247. The molecule has 236 valence electrons. The standard InChI is InChI=1S/C34H41FN2O6S.Na/c1-5-28(38)21-33(41,22-29(39)40)37-31(26-16-18-27(35)19-17-26)30(25-14-12-23(3)13-15-25)34(44(36,42)43,32(37,4)6-2)20-24-10-8-7-9-11-24;/h7-19,28,38,41H,5-6,20-22H2,1-4H3,(H,39,40)(H2,36,42,43);/q;+1/p-1. The molecule has 0 aromatic heterocycles. The maximum atomic E-state index is 14.4. The van der Waals surface area contributed by atoms with Crippen LogP contribution in [0.15, 0.2) is 78.9 Å². The molecule has 3 aromatic carbocycles. The van der Waals surface area contributed by atoms with Crippen molar-refractivity contribution in [2.75, 3.05) is 0 Å². The Morgan fingerprint density at radius 3 is 2.07 bits per heavy atom. The monoisotopic (exact) mass is 646 g/mol. The van der Waals surface area contributed by atoms with Crippen molar-refractivity contribution in [2.45, 2.75) is 81.9 Å². The summed E-state index contributed by atoms with van der Waals surface area (Å²) < 4.78 is 41.1. The van der Waals surface area contributed by atoms with Crippen LogP contribution >= 0.6 is 0 Å². The molecule has 4 atom stereocenters. The van der Waals surface area contributed by atoms with Gasteiger partial charge in [-0.05, 0) is 74.1 Å². The Kier molecular flexibility index (Phi) is 11.5. The topological polar surface area (TPSA) is 144 Å². The number of carbonyl (C=O) groups is 1. The first kappa shape index (κ1) is 36.9. The third-order valence-electron chi connectivity index (χ3n) is 9.03. The zero-order valence-electron chi connectivity index (χ0n) is 26.5. The van der Waals surface area contributed by atoms with Crippen molar-refractivity contribution in [2.24, 2.45) is 5.14 Å². The summed E-state index contributed by atoms with van der Waals surface area (Å²) in [5, 5.41) is 41.9. The molecule has 0 bridgehead atoms. The van der Waals surface area contributed by atoms with Crippen LogP contribution in [0.4, 0.5) is 4.39 Å². The van der Waals surface area contributed by atoms with Crippen molar-refractivity contribution >= 4 is 27.3 Å². The van der Waals surface area contributed by atoms with Crippen molar-refractivity contribution in [1.82, 2.24) is 4.90 Å². The first-order chi connectivity index (χ1) is 20.6. The summed E-state index contributed by atoms with van der Waals surface area (Å²) in [4.78, 5) is 13.7. The smallest absolute Gasteiger partial charge is 0.550 e. The predicted molar refractivity (Wildman–Crippen MR) is 166 cm³/mol. The van der Waals surface area contributed by atoms with Crippen molar-refractivity contribution in [3.05, 3.63) is 107 Å². The molecule has 0 saturated heterocycles. The Morgan fingerprint density at radius 1 is 1.02 bits per heavy atom. The molecule has 3 aromatic rings. The van der Waals surface area contributed by atoms with E-state index >= 15 is 0 Å². The van der Waals surface area contributed by atoms with E-state index in [9.17, 15) is 32.9 Å². The number of primary sulfonamides is 1. The molecule has 4 unspecified atom stereocenters. The van der Waals surface area contributed by atoms with Crippen molar-refractivity contribution in [1.29, 1.82) is 0 Å². The maximum absolute atomic E-state index is 14.4. The van der Waals surface area contributed by atoms with Crippen LogP contribution in [0, 0.1) is 12.7 Å². The second kappa shape index (κ2) is 14.0. The number of aliphatic hydroxyl groups excluding tert-OH is 1. The molecule has 0 radical (unpaired) electrons. The Morgan fingerprint density at radius 2 is 1.58 bits per heavy atom. The molecule has 4 N–H and O–H groups in total. The normalized spacial score (nSPS) is 22.1. The van der Waals surface area contributed by atoms with Gasteiger partial charge in [0.15, 0.2) is 0 Å². The third kappa shape index (κ3) is 6.79. The number of hydrogen-bond acceptors (Lipinski definition) is 7. The van der Waals surface area contributed by atoms with Gasteiger partial charge in [0.05, 0.1) is 17.3 Å². The Hall–Kier alpha value is -2.57. The zero-order chi connectivity index (χ0) is 32.5. The summed E-state index contributed by atoms with van der Waals surface area (Å²) in [5.74, 6) is -2.14. The first-order valence-corrected chi connectivity index (χ1v) is 16.2. The summed E-state index contributed by atoms with van der Waals surface area (Å²) in [6, 6.07) is 21.4. The fraction of sp³-hybridized carbons (Fsp3) is 0.382. The molecule has 1 heterocycles. The fourth-order valence-electron chi connectivity index (χ4n) is 6.79. The van der Waals surface area contributed by atoms with E-state index in [0.29, 0.717) is 16.7 Å². The average Bonchev–Trinajstić information content (AvgIpc) is 3.20. The van der Waals surface area contributed by atoms with Gasteiger partial charge in [0.1, 0.15) is 16.3 Å². The number of rotatable bonds is 12. The number of aryl methyl sites for hydroxylation is 1. The summed E-state index contributed by atoms with van der Waals surface area (Å²) >= 11 is 0. The van der Waals surface area contributed by atoms with Crippen LogP contribution in [-0.2, 0) is 21.2 Å². The molecule has 11 heteroatoms. The van der Waals surface area contributed by atoms with Gasteiger partial charge in [0, 0.05) is 24.4 Å². The molecule has 45 heavy (non-hydrogen) atoms. The van der Waals surface area contributed by atoms with Crippen LogP contribution in [0.1, 0.15) is 68.7 Å². The second-order valence-electron chi connectivity index (χ2n) is 11.9. The van der Waals surface area contributed by atoms with E-state index in [2.05, 4.69) is 0 Å². The van der Waals surface area contributed by atoms with Crippen LogP contribution in [0.2, 0.25) is 0 Å². The number of nitrogens with two attached hydrogens (primary N) is 1. The van der Waals surface area contributed by atoms with Crippen LogP contribution < -0.4 is 39.8 Å². The summed E-state index contributed by atoms with van der Waals surface area (Å²) in [7, 11) is -4.60. The minimum Gasteiger partial charge on any atom is -0.550 e. The summed E-state index contributed by atoms with van der Waals surface area (Å²) in [5.41, 5.74) is -1.16. The minimum absolute atomic E-state index is 0. The Labute approximate surface area is 287 Å². The average molecular weight is 647 g/mol. The van der Waals surface area contributed by atoms with Gasteiger partial charge in [0.2, 0.25) is 10.0 Å². The Balaban J connectivity index is 0.00000552. The Bertz CT molecular complexity index is 1640. The molecule has 0 saturated carbocycles. The molecule has 0 amide bonds. The molecule has 0 aliphatic carbocycles. The van der Waals surface area contributed by atoms with E-state index in [1.165, 1.54) is 29.2 Å². The van der Waals surface area contributed by atoms with Gasteiger partial charge in [-0.15, -0.1) is 0 Å². The van der Waals surface area contributed by atoms with Gasteiger partial charge < -0.3 is 25.0 Å². The van der Waals surface area contributed by atoms with E-state index in [0.717, 1.165) is 5.56 Å². The number of nitrogens with zero attached hydrogens (tertiary/aromatic N) is 1. The molecule has 0 fully saturated rings.